The summed E-state index contributed by atoms with van der Waals surface area (Å²) in [6.07, 6.45) is 2.17. The predicted octanol–water partition coefficient (Wildman–Crippen LogP) is 15.0. The van der Waals surface area contributed by atoms with E-state index in [2.05, 4.69) is 46.4 Å². The minimum atomic E-state index is -2.34. The Morgan fingerprint density at radius 3 is 2.22 bits per heavy atom. The van der Waals surface area contributed by atoms with E-state index in [4.69, 9.17) is 16.8 Å². The fourth-order valence-corrected chi connectivity index (χ4v) is 7.73. The van der Waals surface area contributed by atoms with E-state index in [9.17, 15) is 0 Å². The second kappa shape index (κ2) is 17.8. The quantitative estimate of drug-likeness (QED) is 0.149. The van der Waals surface area contributed by atoms with Crippen molar-refractivity contribution in [2.75, 3.05) is 0 Å². The van der Waals surface area contributed by atoms with Gasteiger partial charge in [0.25, 0.3) is 0 Å². The van der Waals surface area contributed by atoms with Crippen LogP contribution in [0.5, 0.6) is 0 Å². The average molecular weight is 962 g/mol. The molecule has 3 heterocycles. The number of rotatable bonds is 7. The normalized spacial score (nSPS) is 16.6. The van der Waals surface area contributed by atoms with Crippen LogP contribution < -0.4 is 0 Å². The van der Waals surface area contributed by atoms with E-state index in [0.29, 0.717) is 28.1 Å². The SMILES string of the molecule is [2H]C([2H])([2H])c1c[c-]c(-c2cc(C([2H])([2H])C(C)(C)C)c(C([2H])([2H])C(C)(C)C)cn2)cc1-c1ccccc1.[2H]C([2H])(c1ccnc(-c2[c-]ccc3c2oc2c4ccccc4ccc32)c1)C1CCCC1.[Ir]. The molecule has 0 amide bonds. The van der Waals surface area contributed by atoms with E-state index in [1.165, 1.54) is 12.3 Å². The molecular weight excluding hydrogens is 897 g/mol. The van der Waals surface area contributed by atoms with Crippen LogP contribution in [0.4, 0.5) is 0 Å². The summed E-state index contributed by atoms with van der Waals surface area (Å²) in [6.45, 7) is 8.37. The van der Waals surface area contributed by atoms with Crippen LogP contribution in [0.2, 0.25) is 0 Å². The third-order valence-corrected chi connectivity index (χ3v) is 10.3. The molecule has 8 aromatic rings. The maximum absolute atomic E-state index is 8.98. The Hall–Kier alpha value is -4.89. The van der Waals surface area contributed by atoms with E-state index in [0.717, 1.165) is 69.5 Å². The average Bonchev–Trinajstić information content (AvgIpc) is 3.98. The van der Waals surface area contributed by atoms with E-state index >= 15 is 0 Å². The standard InChI is InChI=1S/C28H34N.C27H22NO.Ir/c1-20-13-14-22(15-25(20)21-11-9-8-10-12-21)26-16-23(17-27(2,3)4)24(19-29-26)18-28(5,6)7;1-2-7-18(6-1)16-19-14-15-28-25(17-19)24-11-5-10-22-23-13-12-20-8-3-4-9-21(20)26(23)29-27(22)24;/h8-13,15-16,19H,17-18H2,1-7H3;3-5,8-10,12-15,17-18H,1-2,6-7,16H2;/q2*-1;/i1D3,17D2,18D2;16D2;. The van der Waals surface area contributed by atoms with Gasteiger partial charge in [0.15, 0.2) is 0 Å². The molecule has 0 spiro atoms. The van der Waals surface area contributed by atoms with Crippen molar-refractivity contribution >= 4 is 32.7 Å². The van der Waals surface area contributed by atoms with Crippen molar-refractivity contribution in [1.82, 2.24) is 9.97 Å². The van der Waals surface area contributed by atoms with Crippen molar-refractivity contribution in [2.45, 2.75) is 93.2 Å². The van der Waals surface area contributed by atoms with Crippen molar-refractivity contribution in [2.24, 2.45) is 16.7 Å². The Bertz CT molecular complexity index is 3090. The van der Waals surface area contributed by atoms with Crippen molar-refractivity contribution in [3.05, 3.63) is 156 Å². The van der Waals surface area contributed by atoms with Crippen LogP contribution in [-0.4, -0.2) is 9.97 Å². The van der Waals surface area contributed by atoms with Crippen molar-refractivity contribution in [3.8, 4) is 33.6 Å². The molecule has 4 heteroatoms. The summed E-state index contributed by atoms with van der Waals surface area (Å²) >= 11 is 0. The van der Waals surface area contributed by atoms with Crippen molar-refractivity contribution in [3.63, 3.8) is 0 Å². The van der Waals surface area contributed by atoms with E-state index in [1.54, 1.807) is 59.9 Å². The van der Waals surface area contributed by atoms with Crippen molar-refractivity contribution in [1.29, 1.82) is 0 Å². The Kier molecular flexibility index (Phi) is 9.62. The molecule has 1 saturated carbocycles. The summed E-state index contributed by atoms with van der Waals surface area (Å²) in [5.74, 6) is 0.0695. The Morgan fingerprint density at radius 1 is 0.729 bits per heavy atom. The molecule has 3 aromatic heterocycles. The van der Waals surface area contributed by atoms with Gasteiger partial charge >= 0.3 is 0 Å². The Labute approximate surface area is 377 Å². The second-order valence-corrected chi connectivity index (χ2v) is 17.3. The van der Waals surface area contributed by atoms with Crippen LogP contribution in [0.25, 0.3) is 66.4 Å². The summed E-state index contributed by atoms with van der Waals surface area (Å²) in [7, 11) is 0. The molecule has 3 nitrogen and oxygen atoms in total. The Morgan fingerprint density at radius 2 is 1.46 bits per heavy atom. The first-order valence-corrected chi connectivity index (χ1v) is 20.3. The summed E-state index contributed by atoms with van der Waals surface area (Å²) < 4.78 is 83.6. The molecule has 9 rings (SSSR count). The van der Waals surface area contributed by atoms with E-state index < -0.39 is 36.8 Å². The van der Waals surface area contributed by atoms with Gasteiger partial charge in [-0.05, 0) is 75.4 Å². The van der Waals surface area contributed by atoms with Gasteiger partial charge < -0.3 is 14.4 Å². The molecule has 1 aliphatic carbocycles. The number of fused-ring (bicyclic) bond motifs is 5. The minimum Gasteiger partial charge on any atom is -0.500 e. The van der Waals surface area contributed by atoms with Gasteiger partial charge in [-0.1, -0.05) is 175 Å². The van der Waals surface area contributed by atoms with Gasteiger partial charge in [-0.15, -0.1) is 47.5 Å². The number of hydrogen-bond donors (Lipinski definition) is 0. The molecule has 1 aliphatic rings. The smallest absolute Gasteiger partial charge is 0.128 e. The van der Waals surface area contributed by atoms with Gasteiger partial charge in [0, 0.05) is 55.6 Å². The number of nitrogens with zero attached hydrogens (tertiary/aromatic N) is 2. The molecule has 0 saturated heterocycles. The van der Waals surface area contributed by atoms with Crippen LogP contribution >= 0.6 is 0 Å². The number of benzene rings is 5. The topological polar surface area (TPSA) is 38.9 Å². The number of aryl methyl sites for hydroxylation is 1. The van der Waals surface area contributed by atoms with Gasteiger partial charge in [0.05, 0.1) is 5.58 Å². The molecule has 1 fully saturated rings. The fourth-order valence-electron chi connectivity index (χ4n) is 7.73. The molecule has 0 bridgehead atoms. The van der Waals surface area contributed by atoms with Crippen LogP contribution in [0.1, 0.15) is 102 Å². The minimum absolute atomic E-state index is 0. The maximum atomic E-state index is 8.98. The van der Waals surface area contributed by atoms with Gasteiger partial charge in [0.1, 0.15) is 5.58 Å². The molecule has 0 aliphatic heterocycles. The summed E-state index contributed by atoms with van der Waals surface area (Å²) in [6, 6.07) is 40.4. The van der Waals surface area contributed by atoms with Gasteiger partial charge in [0.2, 0.25) is 0 Å². The largest absolute Gasteiger partial charge is 0.500 e. The number of pyridine rings is 2. The molecular formula is C55H56IrN2O-2. The number of furan rings is 1. The monoisotopic (exact) mass is 962 g/mol. The molecule has 0 atom stereocenters. The maximum Gasteiger partial charge on any atom is 0.128 e. The van der Waals surface area contributed by atoms with Crippen LogP contribution in [0.15, 0.2) is 126 Å². The predicted molar refractivity (Wildman–Crippen MR) is 244 cm³/mol. The number of aromatic nitrogens is 2. The molecule has 303 valence electrons. The molecule has 1 radical (unpaired) electrons. The Balaban J connectivity index is 0.000000200. The number of hydrogen-bond acceptors (Lipinski definition) is 3. The van der Waals surface area contributed by atoms with Crippen LogP contribution in [0, 0.1) is 35.7 Å². The molecule has 59 heavy (non-hydrogen) atoms. The summed E-state index contributed by atoms with van der Waals surface area (Å²) in [5.41, 5.74) is 4.96. The summed E-state index contributed by atoms with van der Waals surface area (Å²) in [4.78, 5) is 9.11. The van der Waals surface area contributed by atoms with Crippen molar-refractivity contribution < 1.29 is 36.9 Å². The first-order valence-electron chi connectivity index (χ1n) is 24.8. The first kappa shape index (κ1) is 32.0. The molecule has 0 unspecified atom stereocenters. The first-order chi connectivity index (χ1) is 31.4. The van der Waals surface area contributed by atoms with E-state index in [1.807, 2.05) is 66.7 Å². The van der Waals surface area contributed by atoms with Crippen LogP contribution in [-0.2, 0) is 39.2 Å². The zero-order chi connectivity index (χ0) is 48.3. The second-order valence-electron chi connectivity index (χ2n) is 17.3. The van der Waals surface area contributed by atoms with Crippen LogP contribution in [0.3, 0.4) is 0 Å². The molecule has 0 N–H and O–H groups in total. The zero-order valence-electron chi connectivity index (χ0n) is 43.6. The third kappa shape index (κ3) is 9.94. The third-order valence-electron chi connectivity index (χ3n) is 10.3. The zero-order valence-corrected chi connectivity index (χ0v) is 37.0. The van der Waals surface area contributed by atoms with Gasteiger partial charge in [-0.2, -0.15) is 0 Å². The van der Waals surface area contributed by atoms with Gasteiger partial charge in [-0.25, -0.2) is 0 Å². The van der Waals surface area contributed by atoms with E-state index in [-0.39, 0.29) is 42.7 Å². The summed E-state index contributed by atoms with van der Waals surface area (Å²) in [5, 5.41) is 4.33. The fraction of sp³-hybridized carbons (Fsp3) is 0.309. The van der Waals surface area contributed by atoms with Gasteiger partial charge in [-0.3, -0.25) is 0 Å². The molecule has 5 aromatic carbocycles.